The molecule has 0 saturated heterocycles. The van der Waals surface area contributed by atoms with Crippen molar-refractivity contribution in [1.82, 2.24) is 0 Å². The van der Waals surface area contributed by atoms with E-state index >= 15 is 0 Å². The Balaban J connectivity index is 0.952. The average molecular weight is 900 g/mol. The van der Waals surface area contributed by atoms with Crippen molar-refractivity contribution in [2.24, 2.45) is 0 Å². The monoisotopic (exact) mass is 899 g/mol. The molecule has 0 heterocycles. The number of anilines is 3. The summed E-state index contributed by atoms with van der Waals surface area (Å²) in [6, 6.07) is 74.3. The summed E-state index contributed by atoms with van der Waals surface area (Å²) in [5.41, 5.74) is 26.2. The van der Waals surface area contributed by atoms with E-state index < -0.39 is 0 Å². The molecule has 1 heteroatoms. The van der Waals surface area contributed by atoms with Crippen LogP contribution in [0.2, 0.25) is 0 Å². The van der Waals surface area contributed by atoms with E-state index in [9.17, 15) is 0 Å². The number of benzene rings is 9. The van der Waals surface area contributed by atoms with Gasteiger partial charge in [-0.3, -0.25) is 0 Å². The highest BCUT2D eigenvalue weighted by Gasteiger charge is 2.40. The smallest absolute Gasteiger partial charge is 0.0465 e. The van der Waals surface area contributed by atoms with Crippen molar-refractivity contribution in [3.63, 3.8) is 0 Å². The van der Waals surface area contributed by atoms with Crippen molar-refractivity contribution in [2.75, 3.05) is 4.90 Å². The first kappa shape index (κ1) is 43.3. The number of hydrogen-bond donors (Lipinski definition) is 0. The van der Waals surface area contributed by atoms with E-state index in [2.05, 4.69) is 283 Å². The predicted molar refractivity (Wildman–Crippen MR) is 300 cm³/mol. The van der Waals surface area contributed by atoms with Gasteiger partial charge < -0.3 is 4.90 Å². The lowest BCUT2D eigenvalue weighted by molar-refractivity contribution is 0.659. The predicted octanol–water partition coefficient (Wildman–Crippen LogP) is 18.6. The Bertz CT molecular complexity index is 3220. The largest absolute Gasteiger partial charge is 0.310 e. The van der Waals surface area contributed by atoms with Crippen molar-refractivity contribution in [1.29, 1.82) is 0 Å². The second kappa shape index (κ2) is 16.6. The summed E-state index contributed by atoms with van der Waals surface area (Å²) >= 11 is 0. The van der Waals surface area contributed by atoms with Gasteiger partial charge in [-0.2, -0.15) is 0 Å². The van der Waals surface area contributed by atoms with Gasteiger partial charge in [-0.05, 0) is 137 Å². The minimum Gasteiger partial charge on any atom is -0.310 e. The van der Waals surface area contributed by atoms with Gasteiger partial charge in [-0.25, -0.2) is 0 Å². The highest BCUT2D eigenvalue weighted by atomic mass is 15.1. The molecule has 12 rings (SSSR count). The van der Waals surface area contributed by atoms with Gasteiger partial charge in [0.25, 0.3) is 0 Å². The highest BCUT2D eigenvalue weighted by molar-refractivity contribution is 5.92. The van der Waals surface area contributed by atoms with Crippen LogP contribution in [0.4, 0.5) is 17.1 Å². The normalized spacial score (nSPS) is 15.2. The maximum Gasteiger partial charge on any atom is 0.0465 e. The van der Waals surface area contributed by atoms with E-state index in [-0.39, 0.29) is 16.2 Å². The Hall–Kier alpha value is -8.00. The van der Waals surface area contributed by atoms with Crippen molar-refractivity contribution >= 4 is 53.5 Å². The lowest BCUT2D eigenvalue weighted by atomic mass is 9.81. The van der Waals surface area contributed by atoms with Gasteiger partial charge in [0.05, 0.1) is 0 Å². The van der Waals surface area contributed by atoms with E-state index in [0.29, 0.717) is 0 Å². The van der Waals surface area contributed by atoms with Crippen LogP contribution >= 0.6 is 0 Å². The fraction of sp³-hybridized carbons (Fsp3) is 0.130. The minimum atomic E-state index is -0.203. The van der Waals surface area contributed by atoms with E-state index in [1.54, 1.807) is 0 Å². The summed E-state index contributed by atoms with van der Waals surface area (Å²) in [5, 5.41) is 0. The van der Waals surface area contributed by atoms with E-state index in [4.69, 9.17) is 0 Å². The molecule has 3 aliphatic rings. The van der Waals surface area contributed by atoms with Crippen molar-refractivity contribution in [2.45, 2.75) is 57.8 Å². The quantitative estimate of drug-likeness (QED) is 0.131. The van der Waals surface area contributed by atoms with Crippen LogP contribution in [0.3, 0.4) is 0 Å². The van der Waals surface area contributed by atoms with Crippen molar-refractivity contribution in [3.8, 4) is 33.4 Å². The highest BCUT2D eigenvalue weighted by Crippen LogP contribution is 2.55. The van der Waals surface area contributed by atoms with Crippen LogP contribution in [0.5, 0.6) is 0 Å². The molecule has 70 heavy (non-hydrogen) atoms. The van der Waals surface area contributed by atoms with E-state index in [1.807, 2.05) is 0 Å². The number of rotatable bonds is 9. The summed E-state index contributed by atoms with van der Waals surface area (Å²) in [4.78, 5) is 2.52. The molecule has 0 amide bonds. The molecular formula is C69H57N. The minimum absolute atomic E-state index is 0.203. The molecule has 1 nitrogen and oxygen atoms in total. The van der Waals surface area contributed by atoms with Crippen LogP contribution in [0.1, 0.15) is 108 Å². The van der Waals surface area contributed by atoms with Crippen LogP contribution in [0, 0.1) is 0 Å². The molecule has 0 atom stereocenters. The van der Waals surface area contributed by atoms with Gasteiger partial charge in [0.1, 0.15) is 0 Å². The first-order valence-electron chi connectivity index (χ1n) is 24.8. The zero-order valence-corrected chi connectivity index (χ0v) is 41.0. The van der Waals surface area contributed by atoms with Gasteiger partial charge in [-0.15, -0.1) is 0 Å². The second-order valence-corrected chi connectivity index (χ2v) is 21.0. The number of nitrogens with zero attached hydrogens (tertiary/aromatic N) is 1. The van der Waals surface area contributed by atoms with Gasteiger partial charge >= 0.3 is 0 Å². The molecule has 0 radical (unpaired) electrons. The van der Waals surface area contributed by atoms with Crippen LogP contribution in [-0.4, -0.2) is 0 Å². The molecule has 0 N–H and O–H groups in total. The van der Waals surface area contributed by atoms with Gasteiger partial charge in [-0.1, -0.05) is 242 Å². The molecule has 0 spiro atoms. The molecular weight excluding hydrogens is 843 g/mol. The fourth-order valence-corrected chi connectivity index (χ4v) is 11.7. The first-order chi connectivity index (χ1) is 33.9. The molecule has 3 aliphatic carbocycles. The zero-order valence-electron chi connectivity index (χ0n) is 41.0. The third-order valence-corrected chi connectivity index (χ3v) is 15.6. The van der Waals surface area contributed by atoms with Crippen molar-refractivity contribution < 1.29 is 0 Å². The Morgan fingerprint density at radius 3 is 0.743 bits per heavy atom. The Morgan fingerprint density at radius 2 is 0.471 bits per heavy atom. The van der Waals surface area contributed by atoms with Crippen LogP contribution in [0.15, 0.2) is 200 Å². The molecule has 9 aromatic carbocycles. The number of hydrogen-bond acceptors (Lipinski definition) is 1. The third kappa shape index (κ3) is 7.31. The second-order valence-electron chi connectivity index (χ2n) is 21.0. The molecule has 0 aliphatic heterocycles. The lowest BCUT2D eigenvalue weighted by Gasteiger charge is -2.31. The van der Waals surface area contributed by atoms with Crippen LogP contribution in [-0.2, 0) is 16.2 Å². The first-order valence-corrected chi connectivity index (χ1v) is 24.8. The molecule has 9 aromatic rings. The van der Waals surface area contributed by atoms with Crippen molar-refractivity contribution in [3.05, 3.63) is 267 Å². The SMILES string of the molecule is CC1(C)c2cc(C=Cc3ccccc3)ccc2-c2ccc(N(c3ccc4c(c3)C(C)(C)c3cc(C=Cc5ccccc5)ccc3-4)c3ccc4c(c3)C(C)(C)c3cc(C=Cc5ccccc5)ccc3-4)cc21. The molecule has 338 valence electrons. The number of fused-ring (bicyclic) bond motifs is 9. The lowest BCUT2D eigenvalue weighted by Crippen LogP contribution is -2.19. The summed E-state index contributed by atoms with van der Waals surface area (Å²) in [6.07, 6.45) is 13.4. The Kier molecular flexibility index (Phi) is 10.3. The topological polar surface area (TPSA) is 3.24 Å². The van der Waals surface area contributed by atoms with Gasteiger partial charge in [0, 0.05) is 33.3 Å². The summed E-state index contributed by atoms with van der Waals surface area (Å²) in [6.45, 7) is 14.4. The van der Waals surface area contributed by atoms with Gasteiger partial charge in [0.15, 0.2) is 0 Å². The maximum atomic E-state index is 2.52. The van der Waals surface area contributed by atoms with E-state index in [0.717, 1.165) is 17.1 Å². The molecule has 0 saturated carbocycles. The summed E-state index contributed by atoms with van der Waals surface area (Å²) in [5.74, 6) is 0. The molecule has 0 fully saturated rings. The zero-order chi connectivity index (χ0) is 47.8. The van der Waals surface area contributed by atoms with Crippen LogP contribution < -0.4 is 4.90 Å². The summed E-state index contributed by atoms with van der Waals surface area (Å²) < 4.78 is 0. The standard InChI is InChI=1S/C69H57N/c1-67(2)61-40-49(25-22-46-16-10-7-11-17-46)28-34-55(61)58-37-31-52(43-64(58)67)70(53-32-38-59-56-35-29-50(26-23-47-18-12-8-13-19-47)41-62(56)68(3,4)65(59)44-53)54-33-39-60-57-36-30-51(27-24-48-20-14-9-15-21-48)42-63(57)69(5,6)66(60)45-54/h7-45H,1-6H3. The summed E-state index contributed by atoms with van der Waals surface area (Å²) in [7, 11) is 0. The fourth-order valence-electron chi connectivity index (χ4n) is 11.7. The maximum absolute atomic E-state index is 2.52. The molecule has 0 bridgehead atoms. The molecule has 0 unspecified atom stereocenters. The van der Waals surface area contributed by atoms with E-state index in [1.165, 1.54) is 100 Å². The average Bonchev–Trinajstić information content (AvgIpc) is 3.86. The Morgan fingerprint density at radius 1 is 0.243 bits per heavy atom. The van der Waals surface area contributed by atoms with Crippen LogP contribution in [0.25, 0.3) is 69.8 Å². The van der Waals surface area contributed by atoms with Gasteiger partial charge in [0.2, 0.25) is 0 Å². The Labute approximate surface area is 414 Å². The third-order valence-electron chi connectivity index (χ3n) is 15.6. The molecule has 0 aromatic heterocycles.